The fourth-order valence-electron chi connectivity index (χ4n) is 4.03. The predicted octanol–water partition coefficient (Wildman–Crippen LogP) is 6.36. The van der Waals surface area contributed by atoms with Gasteiger partial charge in [-0.2, -0.15) is 31.3 Å². The number of carboxylic acids is 1. The molecule has 5 unspecified atom stereocenters. The zero-order chi connectivity index (χ0) is 29.0. The Labute approximate surface area is 220 Å². The number of rotatable bonds is 10. The van der Waals surface area contributed by atoms with Gasteiger partial charge in [-0.3, -0.25) is 4.79 Å². The van der Waals surface area contributed by atoms with E-state index in [2.05, 4.69) is 15.5 Å². The molecule has 0 aliphatic carbocycles. The van der Waals surface area contributed by atoms with E-state index < -0.39 is 36.4 Å². The molecule has 5 atom stereocenters. The van der Waals surface area contributed by atoms with Crippen molar-refractivity contribution in [2.45, 2.75) is 64.2 Å². The molecule has 2 aromatic rings. The van der Waals surface area contributed by atoms with E-state index in [0.29, 0.717) is 18.5 Å². The van der Waals surface area contributed by atoms with E-state index >= 15 is 0 Å². The van der Waals surface area contributed by atoms with Gasteiger partial charge in [-0.25, -0.2) is 0 Å². The molecular weight excluding hydrogens is 532 g/mol. The van der Waals surface area contributed by atoms with Crippen molar-refractivity contribution in [2.24, 2.45) is 11.8 Å². The highest BCUT2D eigenvalue weighted by atomic mass is 19.4. The van der Waals surface area contributed by atoms with Gasteiger partial charge >= 0.3 is 18.3 Å². The molecule has 39 heavy (non-hydrogen) atoms. The summed E-state index contributed by atoms with van der Waals surface area (Å²) in [6.07, 6.45) is -8.36. The molecule has 0 bridgehead atoms. The van der Waals surface area contributed by atoms with Crippen LogP contribution in [0.3, 0.4) is 0 Å². The molecule has 1 saturated heterocycles. The number of benzene rings is 1. The molecule has 3 rings (SSSR count). The van der Waals surface area contributed by atoms with Crippen molar-refractivity contribution in [3.63, 3.8) is 0 Å². The second-order valence-corrected chi connectivity index (χ2v) is 9.54. The highest BCUT2D eigenvalue weighted by Crippen LogP contribution is 2.32. The minimum absolute atomic E-state index is 0.0166. The molecule has 2 heterocycles. The van der Waals surface area contributed by atoms with E-state index in [-0.39, 0.29) is 35.7 Å². The minimum atomic E-state index is -4.59. The van der Waals surface area contributed by atoms with Crippen LogP contribution in [0.15, 0.2) is 47.0 Å². The van der Waals surface area contributed by atoms with Gasteiger partial charge in [0.2, 0.25) is 5.82 Å². The Bertz CT molecular complexity index is 1170. The van der Waals surface area contributed by atoms with Crippen molar-refractivity contribution in [2.75, 3.05) is 6.54 Å². The van der Waals surface area contributed by atoms with Crippen LogP contribution in [0, 0.1) is 11.8 Å². The number of nitrogens with one attached hydrogen (secondary N) is 1. The van der Waals surface area contributed by atoms with Crippen LogP contribution >= 0.6 is 0 Å². The molecule has 1 aliphatic rings. The number of allylic oxidation sites excluding steroid dienone is 3. The van der Waals surface area contributed by atoms with Crippen LogP contribution in [0.5, 0.6) is 0 Å². The molecule has 0 radical (unpaired) electrons. The molecule has 1 fully saturated rings. The monoisotopic (exact) mass is 561 g/mol. The van der Waals surface area contributed by atoms with Crippen molar-refractivity contribution >= 4 is 11.5 Å². The number of halogens is 6. The summed E-state index contributed by atoms with van der Waals surface area (Å²) in [5, 5.41) is 16.1. The van der Waals surface area contributed by atoms with E-state index in [9.17, 15) is 31.1 Å². The van der Waals surface area contributed by atoms with Gasteiger partial charge in [-0.05, 0) is 38.3 Å². The topological polar surface area (TPSA) is 97.5 Å². The van der Waals surface area contributed by atoms with Gasteiger partial charge in [-0.15, -0.1) is 0 Å². The highest BCUT2D eigenvalue weighted by Gasteiger charge is 2.38. The number of aromatic nitrogens is 2. The van der Waals surface area contributed by atoms with E-state index in [1.54, 1.807) is 12.1 Å². The summed E-state index contributed by atoms with van der Waals surface area (Å²) >= 11 is 0. The average molecular weight is 562 g/mol. The largest absolute Gasteiger partial charge is 0.481 e. The fraction of sp³-hybridized carbons (Fsp3) is 0.500. The zero-order valence-electron chi connectivity index (χ0n) is 21.4. The third-order valence-electron chi connectivity index (χ3n) is 6.30. The summed E-state index contributed by atoms with van der Waals surface area (Å²) in [6, 6.07) is 7.03. The first-order chi connectivity index (χ1) is 18.1. The Morgan fingerprint density at radius 3 is 2.41 bits per heavy atom. The lowest BCUT2D eigenvalue weighted by Crippen LogP contribution is -2.31. The van der Waals surface area contributed by atoms with Crippen LogP contribution < -0.4 is 5.32 Å². The summed E-state index contributed by atoms with van der Waals surface area (Å²) in [5.41, 5.74) is 1.33. The molecule has 214 valence electrons. The number of carbonyl (C=O) groups is 1. The van der Waals surface area contributed by atoms with Crippen LogP contribution in [0.25, 0.3) is 17.0 Å². The Morgan fingerprint density at radius 2 is 1.82 bits per heavy atom. The molecule has 1 aromatic carbocycles. The SMILES string of the molecule is CC(/C=C\C(=C/C(C)C(F)(F)F)c1nc(-c2ccc(C3CC(CC(=O)O)CN3)cc2)no1)OC(C)C(F)(F)F. The minimum Gasteiger partial charge on any atom is -0.481 e. The Balaban J connectivity index is 1.78. The van der Waals surface area contributed by atoms with Gasteiger partial charge in [0, 0.05) is 23.6 Å². The maximum absolute atomic E-state index is 13.2. The molecule has 13 heteroatoms. The van der Waals surface area contributed by atoms with Crippen LogP contribution in [-0.2, 0) is 9.53 Å². The third kappa shape index (κ3) is 8.65. The van der Waals surface area contributed by atoms with Crippen molar-refractivity contribution in [1.82, 2.24) is 15.5 Å². The van der Waals surface area contributed by atoms with Crippen molar-refractivity contribution < 1.29 is 45.5 Å². The summed E-state index contributed by atoms with van der Waals surface area (Å²) in [7, 11) is 0. The average Bonchev–Trinajstić information content (AvgIpc) is 3.50. The molecule has 1 aliphatic heterocycles. The van der Waals surface area contributed by atoms with Gasteiger partial charge in [0.05, 0.1) is 12.0 Å². The van der Waals surface area contributed by atoms with Crippen LogP contribution in [0.4, 0.5) is 26.3 Å². The lowest BCUT2D eigenvalue weighted by molar-refractivity contribution is -0.220. The van der Waals surface area contributed by atoms with E-state index in [4.69, 9.17) is 14.4 Å². The molecule has 0 spiro atoms. The molecule has 0 amide bonds. The number of aliphatic carboxylic acids is 1. The molecular formula is C26H29F6N3O4. The number of ether oxygens (including phenoxy) is 1. The second kappa shape index (κ2) is 12.3. The third-order valence-corrected chi connectivity index (χ3v) is 6.30. The van der Waals surface area contributed by atoms with Crippen molar-refractivity contribution in [3.05, 3.63) is 53.9 Å². The normalized spacial score (nSPS) is 21.3. The number of nitrogens with zero attached hydrogens (tertiary/aromatic N) is 2. The first-order valence-corrected chi connectivity index (χ1v) is 12.2. The lowest BCUT2D eigenvalue weighted by Gasteiger charge is -2.19. The zero-order valence-corrected chi connectivity index (χ0v) is 21.4. The molecule has 7 nitrogen and oxygen atoms in total. The standard InChI is InChI=1S/C26H29F6N3O4/c1-14(25(27,28)29)10-20(5-4-15(2)38-16(3)26(30,31)32)24-34-23(35-39-24)19-8-6-18(7-9-19)21-11-17(13-33-21)12-22(36)37/h4-10,14-17,21,33H,11-13H2,1-3H3,(H,36,37)/b5-4-,20-10+. The fourth-order valence-corrected chi connectivity index (χ4v) is 4.03. The lowest BCUT2D eigenvalue weighted by atomic mass is 9.97. The van der Waals surface area contributed by atoms with Crippen molar-refractivity contribution in [3.8, 4) is 11.4 Å². The van der Waals surface area contributed by atoms with Gasteiger partial charge in [0.25, 0.3) is 5.89 Å². The predicted molar refractivity (Wildman–Crippen MR) is 129 cm³/mol. The second-order valence-electron chi connectivity index (χ2n) is 9.54. The van der Waals surface area contributed by atoms with Gasteiger partial charge < -0.3 is 19.7 Å². The van der Waals surface area contributed by atoms with Crippen LogP contribution in [0.2, 0.25) is 0 Å². The quantitative estimate of drug-likeness (QED) is 0.258. The molecule has 1 aromatic heterocycles. The summed E-state index contributed by atoms with van der Waals surface area (Å²) in [5.74, 6) is -2.87. The van der Waals surface area contributed by atoms with Crippen LogP contribution in [-0.4, -0.2) is 52.3 Å². The highest BCUT2D eigenvalue weighted by molar-refractivity contribution is 5.70. The van der Waals surface area contributed by atoms with E-state index in [0.717, 1.165) is 31.6 Å². The maximum atomic E-state index is 13.2. The first kappa shape index (κ1) is 30.4. The summed E-state index contributed by atoms with van der Waals surface area (Å²) in [6.45, 7) is 3.67. The summed E-state index contributed by atoms with van der Waals surface area (Å²) in [4.78, 5) is 15.1. The first-order valence-electron chi connectivity index (χ1n) is 12.2. The van der Waals surface area contributed by atoms with Gasteiger partial charge in [0.1, 0.15) is 0 Å². The Hall–Kier alpha value is -3.19. The Kier molecular flexibility index (Phi) is 9.60. The number of alkyl halides is 6. The van der Waals surface area contributed by atoms with E-state index in [1.165, 1.54) is 13.0 Å². The van der Waals surface area contributed by atoms with Gasteiger partial charge in [0.15, 0.2) is 6.10 Å². The van der Waals surface area contributed by atoms with E-state index in [1.807, 2.05) is 12.1 Å². The number of carboxylic acid groups (broad SMARTS) is 1. The van der Waals surface area contributed by atoms with Crippen molar-refractivity contribution in [1.29, 1.82) is 0 Å². The number of hydrogen-bond acceptors (Lipinski definition) is 6. The maximum Gasteiger partial charge on any atom is 0.414 e. The smallest absolute Gasteiger partial charge is 0.414 e. The molecule has 2 N–H and O–H groups in total. The van der Waals surface area contributed by atoms with Gasteiger partial charge in [-0.1, -0.05) is 54.6 Å². The Morgan fingerprint density at radius 1 is 1.15 bits per heavy atom. The van der Waals surface area contributed by atoms with Crippen LogP contribution in [0.1, 0.15) is 51.1 Å². The number of hydrogen-bond donors (Lipinski definition) is 2. The summed E-state index contributed by atoms with van der Waals surface area (Å²) < 4.78 is 88.1. The molecule has 0 saturated carbocycles.